The first-order valence-electron chi connectivity index (χ1n) is 13.1. The summed E-state index contributed by atoms with van der Waals surface area (Å²) < 4.78 is 0. The van der Waals surface area contributed by atoms with Gasteiger partial charge in [0.2, 0.25) is 0 Å². The van der Waals surface area contributed by atoms with Gasteiger partial charge in [0.1, 0.15) is 0 Å². The molecule has 1 heteroatoms. The van der Waals surface area contributed by atoms with Crippen LogP contribution in [0.1, 0.15) is 85.5 Å². The molecule has 0 saturated heterocycles. The number of anilines is 1. The first-order valence-corrected chi connectivity index (χ1v) is 13.1. The topological polar surface area (TPSA) is 3.24 Å². The molecule has 30 heavy (non-hydrogen) atoms. The molecule has 0 heterocycles. The summed E-state index contributed by atoms with van der Waals surface area (Å²) in [5, 5.41) is 0. The van der Waals surface area contributed by atoms with Crippen molar-refractivity contribution in [2.45, 2.75) is 91.5 Å². The van der Waals surface area contributed by atoms with Crippen molar-refractivity contribution in [1.82, 2.24) is 0 Å². The summed E-state index contributed by atoms with van der Waals surface area (Å²) in [6, 6.07) is 11.7. The molecule has 166 valence electrons. The van der Waals surface area contributed by atoms with Crippen LogP contribution in [-0.2, 0) is 0 Å². The molecule has 0 amide bonds. The summed E-state index contributed by atoms with van der Waals surface area (Å²) >= 11 is 0. The average molecular weight is 408 g/mol. The summed E-state index contributed by atoms with van der Waals surface area (Å²) in [6.45, 7) is 10.3. The van der Waals surface area contributed by atoms with Crippen LogP contribution in [0.4, 0.5) is 5.69 Å². The number of rotatable bonds is 3. The lowest BCUT2D eigenvalue weighted by Gasteiger charge is -2.58. The molecular formula is C29H45N. The van der Waals surface area contributed by atoms with Crippen molar-refractivity contribution in [3.63, 3.8) is 0 Å². The van der Waals surface area contributed by atoms with Gasteiger partial charge < -0.3 is 4.90 Å². The van der Waals surface area contributed by atoms with Gasteiger partial charge in [-0.3, -0.25) is 0 Å². The SMILES string of the molecule is CC(C1CCC2C3CCC4CC(C)(C)CCC4C3CCC21C)N(C)c1ccccc1. The fourth-order valence-electron chi connectivity index (χ4n) is 9.31. The Labute approximate surface area is 186 Å². The largest absolute Gasteiger partial charge is 0.372 e. The van der Waals surface area contributed by atoms with Crippen LogP contribution in [0.3, 0.4) is 0 Å². The standard InChI is InChI=1S/C29H45N/c1-20(30(5)22-9-7-6-8-10-22)26-13-14-27-25-12-11-21-19-28(2,3)17-15-23(21)24(25)16-18-29(26,27)4/h6-10,20-21,23-27H,11-19H2,1-5H3. The Morgan fingerprint density at radius 2 is 1.57 bits per heavy atom. The van der Waals surface area contributed by atoms with Crippen molar-refractivity contribution in [2.75, 3.05) is 11.9 Å². The van der Waals surface area contributed by atoms with Crippen LogP contribution >= 0.6 is 0 Å². The number of benzene rings is 1. The molecule has 4 aliphatic carbocycles. The fourth-order valence-corrected chi connectivity index (χ4v) is 9.31. The minimum atomic E-state index is 0.560. The molecule has 0 aliphatic heterocycles. The minimum absolute atomic E-state index is 0.560. The van der Waals surface area contributed by atoms with Crippen LogP contribution in [0.15, 0.2) is 30.3 Å². The second-order valence-electron chi connectivity index (χ2n) is 12.8. The van der Waals surface area contributed by atoms with Crippen LogP contribution in [0.2, 0.25) is 0 Å². The normalized spacial score (nSPS) is 43.2. The molecule has 0 radical (unpaired) electrons. The van der Waals surface area contributed by atoms with Crippen molar-refractivity contribution < 1.29 is 0 Å². The Morgan fingerprint density at radius 1 is 0.833 bits per heavy atom. The van der Waals surface area contributed by atoms with Gasteiger partial charge in [0, 0.05) is 18.8 Å². The van der Waals surface area contributed by atoms with E-state index >= 15 is 0 Å². The molecule has 0 bridgehead atoms. The van der Waals surface area contributed by atoms with Crippen molar-refractivity contribution in [3.8, 4) is 0 Å². The van der Waals surface area contributed by atoms with E-state index in [4.69, 9.17) is 0 Å². The molecular weight excluding hydrogens is 362 g/mol. The second kappa shape index (κ2) is 7.56. The summed E-state index contributed by atoms with van der Waals surface area (Å²) in [4.78, 5) is 2.57. The fraction of sp³-hybridized carbons (Fsp3) is 0.793. The predicted molar refractivity (Wildman–Crippen MR) is 129 cm³/mol. The van der Waals surface area contributed by atoms with E-state index in [0.717, 1.165) is 35.5 Å². The van der Waals surface area contributed by atoms with E-state index in [2.05, 4.69) is 70.0 Å². The molecule has 1 aromatic rings. The van der Waals surface area contributed by atoms with Gasteiger partial charge in [0.25, 0.3) is 0 Å². The number of para-hydroxylation sites is 1. The third-order valence-electron chi connectivity index (χ3n) is 10.9. The van der Waals surface area contributed by atoms with E-state index in [9.17, 15) is 0 Å². The summed E-state index contributed by atoms with van der Waals surface area (Å²) in [5.41, 5.74) is 2.55. The van der Waals surface area contributed by atoms with Gasteiger partial charge in [0.05, 0.1) is 0 Å². The van der Waals surface area contributed by atoms with Gasteiger partial charge in [-0.05, 0) is 123 Å². The van der Waals surface area contributed by atoms with E-state index in [-0.39, 0.29) is 0 Å². The molecule has 8 atom stereocenters. The highest BCUT2D eigenvalue weighted by Gasteiger charge is 2.58. The lowest BCUT2D eigenvalue weighted by Crippen LogP contribution is -2.51. The number of hydrogen-bond acceptors (Lipinski definition) is 1. The van der Waals surface area contributed by atoms with E-state index in [1.807, 2.05) is 0 Å². The molecule has 0 spiro atoms. The zero-order valence-electron chi connectivity index (χ0n) is 20.2. The predicted octanol–water partition coefficient (Wildman–Crippen LogP) is 7.81. The minimum Gasteiger partial charge on any atom is -0.372 e. The summed E-state index contributed by atoms with van der Waals surface area (Å²) in [5.74, 6) is 6.02. The monoisotopic (exact) mass is 407 g/mol. The quantitative estimate of drug-likeness (QED) is 0.494. The second-order valence-corrected chi connectivity index (χ2v) is 12.8. The molecule has 4 aliphatic rings. The zero-order chi connectivity index (χ0) is 21.1. The zero-order valence-corrected chi connectivity index (χ0v) is 20.2. The van der Waals surface area contributed by atoms with Crippen LogP contribution in [0.5, 0.6) is 0 Å². The van der Waals surface area contributed by atoms with Gasteiger partial charge in [-0.2, -0.15) is 0 Å². The Morgan fingerprint density at radius 3 is 2.33 bits per heavy atom. The highest BCUT2D eigenvalue weighted by Crippen LogP contribution is 2.65. The first kappa shape index (κ1) is 20.9. The van der Waals surface area contributed by atoms with Crippen molar-refractivity contribution in [2.24, 2.45) is 46.3 Å². The van der Waals surface area contributed by atoms with Gasteiger partial charge in [-0.25, -0.2) is 0 Å². The van der Waals surface area contributed by atoms with E-state index < -0.39 is 0 Å². The number of nitrogens with zero attached hydrogens (tertiary/aromatic N) is 1. The average Bonchev–Trinajstić information content (AvgIpc) is 3.09. The maximum atomic E-state index is 2.71. The maximum Gasteiger partial charge on any atom is 0.0366 e. The first-order chi connectivity index (χ1) is 14.3. The molecule has 1 nitrogen and oxygen atoms in total. The third-order valence-corrected chi connectivity index (χ3v) is 10.9. The Kier molecular flexibility index (Phi) is 5.27. The van der Waals surface area contributed by atoms with Crippen LogP contribution in [0.25, 0.3) is 0 Å². The maximum absolute atomic E-state index is 2.71. The van der Waals surface area contributed by atoms with Gasteiger partial charge in [-0.1, -0.05) is 39.0 Å². The number of hydrogen-bond donors (Lipinski definition) is 0. The molecule has 4 saturated carbocycles. The van der Waals surface area contributed by atoms with Crippen LogP contribution in [0, 0.1) is 46.3 Å². The van der Waals surface area contributed by atoms with E-state index in [1.165, 1.54) is 63.5 Å². The summed E-state index contributed by atoms with van der Waals surface area (Å²) in [6.07, 6.45) is 13.5. The molecule has 0 N–H and O–H groups in total. The Hall–Kier alpha value is -0.980. The van der Waals surface area contributed by atoms with Crippen LogP contribution < -0.4 is 4.90 Å². The lowest BCUT2D eigenvalue weighted by molar-refractivity contribution is -0.0775. The van der Waals surface area contributed by atoms with Crippen molar-refractivity contribution in [1.29, 1.82) is 0 Å². The summed E-state index contributed by atoms with van der Waals surface area (Å²) in [7, 11) is 2.33. The third kappa shape index (κ3) is 3.34. The van der Waals surface area contributed by atoms with Crippen molar-refractivity contribution in [3.05, 3.63) is 30.3 Å². The highest BCUT2D eigenvalue weighted by molar-refractivity contribution is 5.46. The highest BCUT2D eigenvalue weighted by atomic mass is 15.1. The molecule has 5 rings (SSSR count). The number of fused-ring (bicyclic) bond motifs is 5. The molecule has 8 unspecified atom stereocenters. The molecule has 1 aromatic carbocycles. The van der Waals surface area contributed by atoms with E-state index in [1.54, 1.807) is 0 Å². The van der Waals surface area contributed by atoms with Crippen molar-refractivity contribution >= 4 is 5.69 Å². The Balaban J connectivity index is 1.33. The van der Waals surface area contributed by atoms with Gasteiger partial charge >= 0.3 is 0 Å². The van der Waals surface area contributed by atoms with E-state index in [0.29, 0.717) is 16.9 Å². The molecule has 4 fully saturated rings. The molecule has 0 aromatic heterocycles. The smallest absolute Gasteiger partial charge is 0.0366 e. The lowest BCUT2D eigenvalue weighted by atomic mass is 9.48. The Bertz CT molecular complexity index is 738. The van der Waals surface area contributed by atoms with Gasteiger partial charge in [-0.15, -0.1) is 0 Å². The van der Waals surface area contributed by atoms with Gasteiger partial charge in [0.15, 0.2) is 0 Å². The van der Waals surface area contributed by atoms with Crippen LogP contribution in [-0.4, -0.2) is 13.1 Å².